The molecule has 0 N–H and O–H groups in total. The Morgan fingerprint density at radius 1 is 1.06 bits per heavy atom. The Kier molecular flexibility index (Phi) is 6.67. The Balaban J connectivity index is 1.49. The van der Waals surface area contributed by atoms with Gasteiger partial charge in [-0.1, -0.05) is 35.5 Å². The summed E-state index contributed by atoms with van der Waals surface area (Å²) in [5.41, 5.74) is 3.18. The molecule has 1 amide bonds. The predicted octanol–water partition coefficient (Wildman–Crippen LogP) is 4.35. The van der Waals surface area contributed by atoms with Crippen molar-refractivity contribution in [1.29, 1.82) is 0 Å². The van der Waals surface area contributed by atoms with Gasteiger partial charge in [-0.2, -0.15) is 0 Å². The van der Waals surface area contributed by atoms with Gasteiger partial charge in [-0.25, -0.2) is 0 Å². The van der Waals surface area contributed by atoms with Crippen molar-refractivity contribution >= 4 is 11.8 Å². The highest BCUT2D eigenvalue weighted by molar-refractivity contribution is 5.95. The third-order valence-corrected chi connectivity index (χ3v) is 6.28. The van der Waals surface area contributed by atoms with E-state index >= 15 is 0 Å². The lowest BCUT2D eigenvalue weighted by Crippen LogP contribution is -2.35. The van der Waals surface area contributed by atoms with Crippen molar-refractivity contribution in [3.8, 4) is 22.8 Å². The average Bonchev–Trinajstić information content (AvgIpc) is 3.53. The number of anilines is 1. The number of amides is 1. The monoisotopic (exact) mass is 463 g/mol. The fourth-order valence-corrected chi connectivity index (χ4v) is 4.47. The van der Waals surface area contributed by atoms with Gasteiger partial charge >= 0.3 is 0 Å². The van der Waals surface area contributed by atoms with E-state index in [1.54, 1.807) is 30.2 Å². The third kappa shape index (κ3) is 4.59. The van der Waals surface area contributed by atoms with Crippen molar-refractivity contribution in [2.24, 2.45) is 0 Å². The van der Waals surface area contributed by atoms with Gasteiger partial charge in [0, 0.05) is 37.9 Å². The number of carbonyl (C=O) groups is 1. The summed E-state index contributed by atoms with van der Waals surface area (Å²) in [5, 5.41) is 4.45. The van der Waals surface area contributed by atoms with Crippen molar-refractivity contribution in [3.63, 3.8) is 0 Å². The van der Waals surface area contributed by atoms with Crippen LogP contribution in [0.25, 0.3) is 11.3 Å². The second kappa shape index (κ2) is 10.2. The summed E-state index contributed by atoms with van der Waals surface area (Å²) < 4.78 is 22.1. The molecular formula is C26H29N3O5. The molecule has 8 nitrogen and oxygen atoms in total. The minimum atomic E-state index is -0.111. The Hall–Kier alpha value is -3.52. The molecule has 1 aromatic heterocycles. The number of benzene rings is 2. The standard InChI is InChI=1S/C26H29N3O5/c1-31-15-14-29(25(30)20-10-11-22-23(16-20)33-18-32-22)17-21-24(19-8-4-2-5-9-19)27-34-26(21)28-12-6-3-7-13-28/h2,4-5,8-11,16H,3,6-7,12-15,17-18H2,1H3. The Morgan fingerprint density at radius 3 is 2.65 bits per heavy atom. The Bertz CT molecular complexity index is 1120. The van der Waals surface area contributed by atoms with E-state index in [0.717, 1.165) is 48.6 Å². The molecule has 5 rings (SSSR count). The van der Waals surface area contributed by atoms with E-state index < -0.39 is 0 Å². The molecule has 0 bridgehead atoms. The van der Waals surface area contributed by atoms with E-state index in [9.17, 15) is 4.79 Å². The molecule has 0 radical (unpaired) electrons. The first kappa shape index (κ1) is 22.3. The first-order chi connectivity index (χ1) is 16.7. The number of hydrogen-bond donors (Lipinski definition) is 0. The number of piperidine rings is 1. The third-order valence-electron chi connectivity index (χ3n) is 6.28. The zero-order chi connectivity index (χ0) is 23.3. The lowest BCUT2D eigenvalue weighted by molar-refractivity contribution is 0.0680. The smallest absolute Gasteiger partial charge is 0.254 e. The Morgan fingerprint density at radius 2 is 1.85 bits per heavy atom. The molecule has 1 fully saturated rings. The number of rotatable bonds is 8. The number of methoxy groups -OCH3 is 1. The number of hydrogen-bond acceptors (Lipinski definition) is 7. The van der Waals surface area contributed by atoms with Crippen LogP contribution in [-0.2, 0) is 11.3 Å². The van der Waals surface area contributed by atoms with E-state index in [1.807, 2.05) is 30.3 Å². The molecule has 0 unspecified atom stereocenters. The number of nitrogens with zero attached hydrogens (tertiary/aromatic N) is 3. The van der Waals surface area contributed by atoms with E-state index in [1.165, 1.54) is 6.42 Å². The topological polar surface area (TPSA) is 77.3 Å². The summed E-state index contributed by atoms with van der Waals surface area (Å²) in [6.07, 6.45) is 3.45. The Labute approximate surface area is 199 Å². The van der Waals surface area contributed by atoms with Gasteiger partial charge in [-0.05, 0) is 37.5 Å². The number of ether oxygens (including phenoxy) is 3. The van der Waals surface area contributed by atoms with Crippen LogP contribution < -0.4 is 14.4 Å². The molecule has 0 spiro atoms. The van der Waals surface area contributed by atoms with Gasteiger partial charge < -0.3 is 28.5 Å². The van der Waals surface area contributed by atoms with Gasteiger partial charge in [0.2, 0.25) is 12.7 Å². The van der Waals surface area contributed by atoms with E-state index in [2.05, 4.69) is 10.1 Å². The van der Waals surface area contributed by atoms with E-state index in [-0.39, 0.29) is 12.7 Å². The molecule has 3 aromatic rings. The van der Waals surface area contributed by atoms with E-state index in [4.69, 9.17) is 18.7 Å². The zero-order valence-corrected chi connectivity index (χ0v) is 19.4. The molecule has 2 aliphatic heterocycles. The maximum atomic E-state index is 13.6. The fourth-order valence-electron chi connectivity index (χ4n) is 4.47. The van der Waals surface area contributed by atoms with Gasteiger partial charge in [-0.15, -0.1) is 0 Å². The number of carbonyl (C=O) groups excluding carboxylic acids is 1. The normalized spacial score (nSPS) is 14.9. The minimum Gasteiger partial charge on any atom is -0.454 e. The molecule has 3 heterocycles. The van der Waals surface area contributed by atoms with Gasteiger partial charge in [0.25, 0.3) is 5.91 Å². The highest BCUT2D eigenvalue weighted by atomic mass is 16.7. The van der Waals surface area contributed by atoms with Crippen molar-refractivity contribution in [2.75, 3.05) is 45.0 Å². The van der Waals surface area contributed by atoms with E-state index in [0.29, 0.717) is 36.8 Å². The van der Waals surface area contributed by atoms with Gasteiger partial charge in [0.15, 0.2) is 11.5 Å². The number of aromatic nitrogens is 1. The molecule has 2 aliphatic rings. The molecule has 8 heteroatoms. The van der Waals surface area contributed by atoms with Crippen LogP contribution in [0.1, 0.15) is 35.2 Å². The molecule has 0 saturated carbocycles. The van der Waals surface area contributed by atoms with Gasteiger partial charge in [0.1, 0.15) is 5.69 Å². The molecule has 34 heavy (non-hydrogen) atoms. The van der Waals surface area contributed by atoms with Crippen LogP contribution in [0.3, 0.4) is 0 Å². The lowest BCUT2D eigenvalue weighted by atomic mass is 10.0. The van der Waals surface area contributed by atoms with Gasteiger partial charge in [-0.3, -0.25) is 4.79 Å². The van der Waals surface area contributed by atoms with Crippen molar-refractivity contribution in [1.82, 2.24) is 10.1 Å². The maximum absolute atomic E-state index is 13.6. The summed E-state index contributed by atoms with van der Waals surface area (Å²) >= 11 is 0. The molecule has 1 saturated heterocycles. The highest BCUT2D eigenvalue weighted by Crippen LogP contribution is 2.35. The minimum absolute atomic E-state index is 0.111. The molecule has 0 aliphatic carbocycles. The van der Waals surface area contributed by atoms with Crippen LogP contribution in [0.15, 0.2) is 53.1 Å². The van der Waals surface area contributed by atoms with Crippen molar-refractivity contribution in [2.45, 2.75) is 25.8 Å². The number of fused-ring (bicyclic) bond motifs is 1. The van der Waals surface area contributed by atoms with Crippen LogP contribution in [-0.4, -0.2) is 56.1 Å². The van der Waals surface area contributed by atoms with Crippen molar-refractivity contribution in [3.05, 3.63) is 59.7 Å². The lowest BCUT2D eigenvalue weighted by Gasteiger charge is -2.28. The summed E-state index contributed by atoms with van der Waals surface area (Å²) in [5.74, 6) is 1.87. The van der Waals surface area contributed by atoms with Crippen LogP contribution in [0, 0.1) is 0 Å². The fraction of sp³-hybridized carbons (Fsp3) is 0.385. The molecule has 0 atom stereocenters. The second-order valence-electron chi connectivity index (χ2n) is 8.52. The molecule has 2 aromatic carbocycles. The average molecular weight is 464 g/mol. The summed E-state index contributed by atoms with van der Waals surface area (Å²) in [4.78, 5) is 17.7. The largest absolute Gasteiger partial charge is 0.454 e. The molecule has 178 valence electrons. The first-order valence-electron chi connectivity index (χ1n) is 11.7. The second-order valence-corrected chi connectivity index (χ2v) is 8.52. The summed E-state index contributed by atoms with van der Waals surface area (Å²) in [7, 11) is 1.64. The predicted molar refractivity (Wildman–Crippen MR) is 127 cm³/mol. The SMILES string of the molecule is COCCN(Cc1c(-c2ccccc2)noc1N1CCCCC1)C(=O)c1ccc2c(c1)OCO2. The van der Waals surface area contributed by atoms with Crippen LogP contribution in [0.4, 0.5) is 5.88 Å². The zero-order valence-electron chi connectivity index (χ0n) is 19.4. The summed E-state index contributed by atoms with van der Waals surface area (Å²) in [6.45, 7) is 3.22. The first-order valence-corrected chi connectivity index (χ1v) is 11.7. The quantitative estimate of drug-likeness (QED) is 0.492. The van der Waals surface area contributed by atoms with Crippen molar-refractivity contribution < 1.29 is 23.5 Å². The summed E-state index contributed by atoms with van der Waals surface area (Å²) in [6, 6.07) is 15.3. The van der Waals surface area contributed by atoms with Crippen LogP contribution >= 0.6 is 0 Å². The van der Waals surface area contributed by atoms with Crippen LogP contribution in [0.2, 0.25) is 0 Å². The van der Waals surface area contributed by atoms with Crippen LogP contribution in [0.5, 0.6) is 11.5 Å². The highest BCUT2D eigenvalue weighted by Gasteiger charge is 2.28. The maximum Gasteiger partial charge on any atom is 0.254 e. The van der Waals surface area contributed by atoms with Gasteiger partial charge in [0.05, 0.1) is 18.7 Å². The molecular weight excluding hydrogens is 434 g/mol.